The van der Waals surface area contributed by atoms with E-state index in [1.807, 2.05) is 6.92 Å². The second-order valence-corrected chi connectivity index (χ2v) is 9.85. The van der Waals surface area contributed by atoms with Crippen molar-refractivity contribution in [3.63, 3.8) is 0 Å². The highest BCUT2D eigenvalue weighted by atomic mass is 127. The van der Waals surface area contributed by atoms with Crippen molar-refractivity contribution in [1.82, 2.24) is 19.7 Å². The number of benzene rings is 1. The molecule has 8 nitrogen and oxygen atoms in total. The minimum absolute atomic E-state index is 0. The second-order valence-electron chi connectivity index (χ2n) is 7.88. The molecule has 1 saturated heterocycles. The number of guanidine groups is 1. The van der Waals surface area contributed by atoms with Gasteiger partial charge in [0.2, 0.25) is 10.0 Å². The van der Waals surface area contributed by atoms with Gasteiger partial charge in [0, 0.05) is 50.7 Å². The number of nitrogens with zero attached hydrogens (tertiary/aromatic N) is 4. The molecule has 0 radical (unpaired) electrons. The van der Waals surface area contributed by atoms with Crippen LogP contribution in [0.25, 0.3) is 0 Å². The Balaban J connectivity index is 0.00000272. The minimum atomic E-state index is -3.40. The normalized spacial score (nSPS) is 22.1. The van der Waals surface area contributed by atoms with E-state index in [4.69, 9.17) is 4.52 Å². The first-order chi connectivity index (χ1) is 14.5. The third kappa shape index (κ3) is 5.78. The number of aryl methyl sites for hydroxylation is 1. The number of rotatable bonds is 6. The monoisotopic (exact) mass is 559 g/mol. The maximum Gasteiger partial charge on any atom is 0.220 e. The summed E-state index contributed by atoms with van der Waals surface area (Å²) in [6.45, 7) is 6.98. The van der Waals surface area contributed by atoms with Gasteiger partial charge in [-0.2, -0.15) is 4.31 Å². The molecule has 2 unspecified atom stereocenters. The molecule has 1 aliphatic heterocycles. The second kappa shape index (κ2) is 10.3. The molecule has 1 aromatic carbocycles. The topological polar surface area (TPSA) is 91.0 Å². The summed E-state index contributed by atoms with van der Waals surface area (Å²) in [5, 5.41) is 7.33. The number of hydrogen-bond acceptors (Lipinski definition) is 5. The van der Waals surface area contributed by atoms with E-state index in [-0.39, 0.29) is 29.7 Å². The van der Waals surface area contributed by atoms with Crippen LogP contribution in [-0.4, -0.2) is 67.5 Å². The summed E-state index contributed by atoms with van der Waals surface area (Å²) >= 11 is 0. The molecular formula is C21H30IN5O3S. The van der Waals surface area contributed by atoms with Crippen LogP contribution in [0.2, 0.25) is 0 Å². The van der Waals surface area contributed by atoms with Crippen LogP contribution in [0.4, 0.5) is 0 Å². The highest BCUT2D eigenvalue weighted by molar-refractivity contribution is 14.0. The molecule has 2 heterocycles. The zero-order valence-corrected chi connectivity index (χ0v) is 21.0. The molecule has 2 aromatic rings. The molecule has 0 bridgehead atoms. The average Bonchev–Trinajstić information content (AvgIpc) is 3.30. The molecule has 10 heteroatoms. The zero-order chi connectivity index (χ0) is 21.1. The third-order valence-corrected chi connectivity index (χ3v) is 7.57. The quantitative estimate of drug-likeness (QED) is 0.333. The summed E-state index contributed by atoms with van der Waals surface area (Å²) in [4.78, 5) is 6.83. The molecule has 170 valence electrons. The fraction of sp³-hybridized carbons (Fsp3) is 0.524. The lowest BCUT2D eigenvalue weighted by Crippen LogP contribution is -2.54. The van der Waals surface area contributed by atoms with Crippen molar-refractivity contribution in [1.29, 1.82) is 0 Å². The van der Waals surface area contributed by atoms with Crippen molar-refractivity contribution in [3.8, 4) is 0 Å². The van der Waals surface area contributed by atoms with Gasteiger partial charge in [-0.15, -0.1) is 24.0 Å². The summed E-state index contributed by atoms with van der Waals surface area (Å²) in [6.07, 6.45) is 2.49. The first-order valence-electron chi connectivity index (χ1n) is 10.5. The Hall–Kier alpha value is -1.66. The van der Waals surface area contributed by atoms with Crippen molar-refractivity contribution in [3.05, 3.63) is 53.4 Å². The summed E-state index contributed by atoms with van der Waals surface area (Å²) in [6, 6.07) is 10.5. The standard InChI is InChI=1S/C21H29N5O3S.HI/c1-3-22-21(23-20-14-19(20)18-7-5-4-6-16(18)2)25-9-11-26(12-10-25)30(27,28)15-17-8-13-29-24-17;/h4-8,13,19-20H,3,9-12,14-15H2,1-2H3,(H,22,23);1H. The van der Waals surface area contributed by atoms with E-state index in [0.717, 1.165) is 12.4 Å². The predicted molar refractivity (Wildman–Crippen MR) is 131 cm³/mol. The first kappa shape index (κ1) is 24.0. The van der Waals surface area contributed by atoms with Crippen molar-refractivity contribution < 1.29 is 12.9 Å². The Kier molecular flexibility index (Phi) is 7.98. The maximum atomic E-state index is 12.7. The summed E-state index contributed by atoms with van der Waals surface area (Å²) in [7, 11) is -3.40. The molecule has 2 aliphatic rings. The molecule has 1 saturated carbocycles. The van der Waals surface area contributed by atoms with Gasteiger partial charge in [0.25, 0.3) is 0 Å². The first-order valence-corrected chi connectivity index (χ1v) is 12.1. The predicted octanol–water partition coefficient (Wildman–Crippen LogP) is 2.57. The van der Waals surface area contributed by atoms with Gasteiger partial charge in [0.15, 0.2) is 5.96 Å². The van der Waals surface area contributed by atoms with Crippen LogP contribution in [-0.2, 0) is 15.8 Å². The Morgan fingerprint density at radius 1 is 1.23 bits per heavy atom. The molecular weight excluding hydrogens is 529 g/mol. The fourth-order valence-corrected chi connectivity index (χ4v) is 5.45. The molecule has 1 aromatic heterocycles. The van der Waals surface area contributed by atoms with E-state index in [2.05, 4.69) is 51.6 Å². The Labute approximate surface area is 201 Å². The molecule has 1 aliphatic carbocycles. The van der Waals surface area contributed by atoms with Crippen LogP contribution in [0.5, 0.6) is 0 Å². The van der Waals surface area contributed by atoms with Gasteiger partial charge in [-0.25, -0.2) is 8.42 Å². The van der Waals surface area contributed by atoms with Crippen molar-refractivity contribution >= 4 is 40.0 Å². The van der Waals surface area contributed by atoms with Crippen LogP contribution in [0.1, 0.15) is 36.1 Å². The van der Waals surface area contributed by atoms with E-state index < -0.39 is 10.0 Å². The van der Waals surface area contributed by atoms with Crippen LogP contribution >= 0.6 is 24.0 Å². The van der Waals surface area contributed by atoms with Crippen LogP contribution in [0, 0.1) is 6.92 Å². The summed E-state index contributed by atoms with van der Waals surface area (Å²) < 4.78 is 31.6. The molecule has 0 spiro atoms. The van der Waals surface area contributed by atoms with E-state index >= 15 is 0 Å². The lowest BCUT2D eigenvalue weighted by atomic mass is 10.0. The van der Waals surface area contributed by atoms with Crippen LogP contribution < -0.4 is 5.32 Å². The third-order valence-electron chi connectivity index (χ3n) is 5.75. The number of halogens is 1. The van der Waals surface area contributed by atoms with Crippen LogP contribution in [0.3, 0.4) is 0 Å². The highest BCUT2D eigenvalue weighted by Gasteiger charge is 2.40. The fourth-order valence-electron chi connectivity index (χ4n) is 4.02. The zero-order valence-electron chi connectivity index (χ0n) is 17.9. The number of hydrogen-bond donors (Lipinski definition) is 1. The lowest BCUT2D eigenvalue weighted by Gasteiger charge is -2.36. The van der Waals surface area contributed by atoms with Crippen molar-refractivity contribution in [2.45, 2.75) is 38.0 Å². The molecule has 2 fully saturated rings. The smallest absolute Gasteiger partial charge is 0.220 e. The van der Waals surface area contributed by atoms with E-state index in [1.165, 1.54) is 21.7 Å². The number of piperazine rings is 1. The van der Waals surface area contributed by atoms with Gasteiger partial charge in [-0.3, -0.25) is 4.99 Å². The van der Waals surface area contributed by atoms with E-state index in [9.17, 15) is 8.42 Å². The Morgan fingerprint density at radius 3 is 2.61 bits per heavy atom. The van der Waals surface area contributed by atoms with E-state index in [0.29, 0.717) is 50.4 Å². The van der Waals surface area contributed by atoms with Gasteiger partial charge in [-0.1, -0.05) is 29.4 Å². The van der Waals surface area contributed by atoms with Gasteiger partial charge in [-0.05, 0) is 31.4 Å². The molecule has 0 amide bonds. The largest absolute Gasteiger partial charge is 0.364 e. The van der Waals surface area contributed by atoms with E-state index in [1.54, 1.807) is 6.07 Å². The number of aromatic nitrogens is 1. The van der Waals surface area contributed by atoms with Gasteiger partial charge in [0.05, 0.1) is 5.69 Å². The summed E-state index contributed by atoms with van der Waals surface area (Å²) in [5.74, 6) is 1.27. The van der Waals surface area contributed by atoms with Gasteiger partial charge < -0.3 is 14.7 Å². The molecule has 1 N–H and O–H groups in total. The average molecular weight is 559 g/mol. The SMILES string of the molecule is CCN=C(NC1CC1c1ccccc1C)N1CCN(S(=O)(=O)Cc2ccon2)CC1.I. The lowest BCUT2D eigenvalue weighted by molar-refractivity contribution is 0.259. The number of nitrogens with one attached hydrogen (secondary N) is 1. The minimum Gasteiger partial charge on any atom is -0.364 e. The molecule has 4 rings (SSSR count). The highest BCUT2D eigenvalue weighted by Crippen LogP contribution is 2.42. The van der Waals surface area contributed by atoms with Gasteiger partial charge >= 0.3 is 0 Å². The number of sulfonamides is 1. The van der Waals surface area contributed by atoms with Crippen molar-refractivity contribution in [2.75, 3.05) is 32.7 Å². The van der Waals surface area contributed by atoms with Crippen molar-refractivity contribution in [2.24, 2.45) is 4.99 Å². The van der Waals surface area contributed by atoms with Gasteiger partial charge in [0.1, 0.15) is 12.0 Å². The summed E-state index contributed by atoms with van der Waals surface area (Å²) in [5.41, 5.74) is 3.16. The molecule has 2 atom stereocenters. The maximum absolute atomic E-state index is 12.7. The Morgan fingerprint density at radius 2 is 1.97 bits per heavy atom. The molecule has 31 heavy (non-hydrogen) atoms. The number of aliphatic imine (C=N–C) groups is 1. The van der Waals surface area contributed by atoms with Crippen LogP contribution in [0.15, 0.2) is 46.1 Å². The Bertz CT molecular complexity index is 988.